The van der Waals surface area contributed by atoms with Gasteiger partial charge in [0.1, 0.15) is 6.61 Å². The van der Waals surface area contributed by atoms with E-state index in [2.05, 4.69) is 96.0 Å². The Morgan fingerprint density at radius 1 is 0.750 bits per heavy atom. The quantitative estimate of drug-likeness (QED) is 0.341. The molecule has 4 aromatic carbocycles. The summed E-state index contributed by atoms with van der Waals surface area (Å²) in [5.74, 6) is 1.49. The number of fused-ring (bicyclic) bond motifs is 1. The molecule has 0 amide bonds. The molecule has 0 aliphatic carbocycles. The fourth-order valence-electron chi connectivity index (χ4n) is 4.19. The molecule has 0 saturated heterocycles. The molecule has 158 valence electrons. The average molecular weight is 420 g/mol. The Balaban J connectivity index is 1.58. The number of benzene rings is 4. The summed E-state index contributed by atoms with van der Waals surface area (Å²) in [4.78, 5) is 2.31. The van der Waals surface area contributed by atoms with Gasteiger partial charge in [0.05, 0.1) is 13.2 Å². The van der Waals surface area contributed by atoms with Crippen molar-refractivity contribution in [3.05, 3.63) is 132 Å². The summed E-state index contributed by atoms with van der Waals surface area (Å²) in [6.45, 7) is 0.490. The average Bonchev–Trinajstić information content (AvgIpc) is 2.88. The SMILES string of the molecule is COc1cc2c(cc1OCc1ccccc1)C(c1ccccc1)N(c1ccccc1)C=C2. The third-order valence-electron chi connectivity index (χ3n) is 5.76. The Labute approximate surface area is 189 Å². The van der Waals surface area contributed by atoms with Crippen LogP contribution in [0.2, 0.25) is 0 Å². The molecule has 0 bridgehead atoms. The van der Waals surface area contributed by atoms with E-state index < -0.39 is 0 Å². The fourth-order valence-corrected chi connectivity index (χ4v) is 4.19. The van der Waals surface area contributed by atoms with Crippen molar-refractivity contribution in [1.29, 1.82) is 0 Å². The molecule has 1 aliphatic heterocycles. The molecule has 0 N–H and O–H groups in total. The van der Waals surface area contributed by atoms with Crippen LogP contribution in [0.3, 0.4) is 0 Å². The number of nitrogens with zero attached hydrogens (tertiary/aromatic N) is 1. The Morgan fingerprint density at radius 3 is 2.09 bits per heavy atom. The van der Waals surface area contributed by atoms with E-state index in [0.717, 1.165) is 28.3 Å². The van der Waals surface area contributed by atoms with Crippen molar-refractivity contribution in [2.45, 2.75) is 12.6 Å². The third kappa shape index (κ3) is 3.97. The van der Waals surface area contributed by atoms with Crippen LogP contribution in [0, 0.1) is 0 Å². The first-order valence-electron chi connectivity index (χ1n) is 10.8. The van der Waals surface area contributed by atoms with E-state index in [1.807, 2.05) is 24.3 Å². The summed E-state index contributed by atoms with van der Waals surface area (Å²) in [6, 6.07) is 35.5. The second kappa shape index (κ2) is 9.03. The van der Waals surface area contributed by atoms with Crippen LogP contribution in [-0.2, 0) is 6.61 Å². The van der Waals surface area contributed by atoms with E-state index in [0.29, 0.717) is 6.61 Å². The highest BCUT2D eigenvalue weighted by Gasteiger charge is 2.28. The number of methoxy groups -OCH3 is 1. The van der Waals surface area contributed by atoms with E-state index in [1.165, 1.54) is 11.1 Å². The van der Waals surface area contributed by atoms with Gasteiger partial charge >= 0.3 is 0 Å². The van der Waals surface area contributed by atoms with E-state index in [4.69, 9.17) is 9.47 Å². The van der Waals surface area contributed by atoms with Crippen molar-refractivity contribution in [3.63, 3.8) is 0 Å². The monoisotopic (exact) mass is 419 g/mol. The van der Waals surface area contributed by atoms with Crippen LogP contribution in [-0.4, -0.2) is 7.11 Å². The van der Waals surface area contributed by atoms with Gasteiger partial charge < -0.3 is 14.4 Å². The molecule has 0 spiro atoms. The molecule has 1 unspecified atom stereocenters. The molecular weight excluding hydrogens is 394 g/mol. The Hall–Kier alpha value is -3.98. The molecule has 1 atom stereocenters. The number of anilines is 1. The maximum atomic E-state index is 6.24. The van der Waals surface area contributed by atoms with Gasteiger partial charge in [0, 0.05) is 11.9 Å². The summed E-state index contributed by atoms with van der Waals surface area (Å²) < 4.78 is 11.9. The zero-order chi connectivity index (χ0) is 21.8. The molecule has 0 aromatic heterocycles. The third-order valence-corrected chi connectivity index (χ3v) is 5.76. The molecule has 32 heavy (non-hydrogen) atoms. The minimum atomic E-state index is 0.0311. The number of para-hydroxylation sites is 1. The Kier molecular flexibility index (Phi) is 5.63. The van der Waals surface area contributed by atoms with Crippen LogP contribution in [0.4, 0.5) is 5.69 Å². The highest BCUT2D eigenvalue weighted by atomic mass is 16.5. The van der Waals surface area contributed by atoms with Gasteiger partial charge in [-0.1, -0.05) is 78.9 Å². The standard InChI is InChI=1S/C29H25NO2/c1-31-27-19-24-17-18-30(25-15-9-4-10-16-25)29(23-13-7-3-8-14-23)26(24)20-28(27)32-21-22-11-5-2-6-12-22/h2-20,29H,21H2,1H3. The first-order chi connectivity index (χ1) is 15.8. The molecule has 0 fully saturated rings. The van der Waals surface area contributed by atoms with Crippen molar-refractivity contribution in [1.82, 2.24) is 0 Å². The topological polar surface area (TPSA) is 21.7 Å². The lowest BCUT2D eigenvalue weighted by atomic mass is 9.90. The zero-order valence-electron chi connectivity index (χ0n) is 18.0. The van der Waals surface area contributed by atoms with Crippen LogP contribution in [0.25, 0.3) is 6.08 Å². The highest BCUT2D eigenvalue weighted by Crippen LogP contribution is 2.43. The van der Waals surface area contributed by atoms with Crippen LogP contribution < -0.4 is 14.4 Å². The van der Waals surface area contributed by atoms with Gasteiger partial charge in [0.25, 0.3) is 0 Å². The number of hydrogen-bond acceptors (Lipinski definition) is 3. The molecule has 1 aliphatic rings. The molecule has 3 nitrogen and oxygen atoms in total. The van der Waals surface area contributed by atoms with Crippen LogP contribution >= 0.6 is 0 Å². The van der Waals surface area contributed by atoms with E-state index in [-0.39, 0.29) is 6.04 Å². The number of ether oxygens (including phenoxy) is 2. The smallest absolute Gasteiger partial charge is 0.162 e. The summed E-state index contributed by atoms with van der Waals surface area (Å²) >= 11 is 0. The largest absolute Gasteiger partial charge is 0.493 e. The molecular formula is C29H25NO2. The zero-order valence-corrected chi connectivity index (χ0v) is 18.0. The summed E-state index contributed by atoms with van der Waals surface area (Å²) in [6.07, 6.45) is 4.30. The molecule has 3 heteroatoms. The molecule has 0 radical (unpaired) electrons. The lowest BCUT2D eigenvalue weighted by Crippen LogP contribution is -2.27. The second-order valence-electron chi connectivity index (χ2n) is 7.78. The van der Waals surface area contributed by atoms with Crippen molar-refractivity contribution in [2.24, 2.45) is 0 Å². The minimum Gasteiger partial charge on any atom is -0.493 e. The summed E-state index contributed by atoms with van der Waals surface area (Å²) in [5.41, 5.74) is 5.81. The van der Waals surface area contributed by atoms with Gasteiger partial charge in [0.15, 0.2) is 11.5 Å². The Morgan fingerprint density at radius 2 is 1.41 bits per heavy atom. The first-order valence-corrected chi connectivity index (χ1v) is 10.8. The Bertz CT molecular complexity index is 1200. The molecule has 0 saturated carbocycles. The van der Waals surface area contributed by atoms with Crippen LogP contribution in [0.15, 0.2) is 109 Å². The van der Waals surface area contributed by atoms with Gasteiger partial charge in [0.2, 0.25) is 0 Å². The predicted octanol–water partition coefficient (Wildman–Crippen LogP) is 6.85. The fraction of sp³-hybridized carbons (Fsp3) is 0.103. The van der Waals surface area contributed by atoms with Crippen molar-refractivity contribution in [3.8, 4) is 11.5 Å². The van der Waals surface area contributed by atoms with Gasteiger partial charge in [-0.15, -0.1) is 0 Å². The predicted molar refractivity (Wildman–Crippen MR) is 130 cm³/mol. The highest BCUT2D eigenvalue weighted by molar-refractivity contribution is 5.71. The van der Waals surface area contributed by atoms with Crippen LogP contribution in [0.5, 0.6) is 11.5 Å². The van der Waals surface area contributed by atoms with Gasteiger partial charge in [-0.05, 0) is 52.6 Å². The van der Waals surface area contributed by atoms with E-state index in [9.17, 15) is 0 Å². The lowest BCUT2D eigenvalue weighted by molar-refractivity contribution is 0.284. The maximum absolute atomic E-state index is 6.24. The van der Waals surface area contributed by atoms with Crippen molar-refractivity contribution < 1.29 is 9.47 Å². The van der Waals surface area contributed by atoms with Crippen LogP contribution in [0.1, 0.15) is 28.3 Å². The van der Waals surface area contributed by atoms with Gasteiger partial charge in [-0.25, -0.2) is 0 Å². The number of rotatable bonds is 6. The number of hydrogen-bond donors (Lipinski definition) is 0. The normalized spacial score (nSPS) is 14.7. The van der Waals surface area contributed by atoms with Crippen molar-refractivity contribution in [2.75, 3.05) is 12.0 Å². The lowest BCUT2D eigenvalue weighted by Gasteiger charge is -2.36. The minimum absolute atomic E-state index is 0.0311. The maximum Gasteiger partial charge on any atom is 0.162 e. The van der Waals surface area contributed by atoms with Crippen molar-refractivity contribution >= 4 is 11.8 Å². The molecule has 4 aromatic rings. The van der Waals surface area contributed by atoms with Gasteiger partial charge in [-0.2, -0.15) is 0 Å². The van der Waals surface area contributed by atoms with Gasteiger partial charge in [-0.3, -0.25) is 0 Å². The summed E-state index contributed by atoms with van der Waals surface area (Å²) in [7, 11) is 1.69. The molecule has 1 heterocycles. The first kappa shape index (κ1) is 20.0. The van der Waals surface area contributed by atoms with E-state index in [1.54, 1.807) is 7.11 Å². The van der Waals surface area contributed by atoms with E-state index >= 15 is 0 Å². The summed E-state index contributed by atoms with van der Waals surface area (Å²) in [5, 5.41) is 0. The molecule has 5 rings (SSSR count). The second-order valence-corrected chi connectivity index (χ2v) is 7.78.